The molecule has 82 valence electrons. The Morgan fingerprint density at radius 3 is 2.81 bits per heavy atom. The standard InChI is InChI=1S/C14H14OS/c1-10(15)13-8-11-6-4-3-5-7-12(11)9-14(13)16-2/h3,5-9H,4H2,1-2H3. The maximum absolute atomic E-state index is 11.5. The lowest BCUT2D eigenvalue weighted by molar-refractivity contribution is 0.101. The summed E-state index contributed by atoms with van der Waals surface area (Å²) in [7, 11) is 0. The van der Waals surface area contributed by atoms with Crippen LogP contribution in [-0.2, 0) is 0 Å². The van der Waals surface area contributed by atoms with Gasteiger partial charge in [-0.15, -0.1) is 11.8 Å². The molecule has 0 saturated carbocycles. The molecule has 0 aliphatic heterocycles. The molecule has 0 atom stereocenters. The van der Waals surface area contributed by atoms with E-state index in [1.165, 1.54) is 5.22 Å². The maximum atomic E-state index is 11.5. The Hall–Kier alpha value is -1.28. The first-order valence-corrected chi connectivity index (χ1v) is 6.51. The Bertz CT molecular complexity index is 567. The molecule has 0 amide bonds. The SMILES string of the molecule is CSc1cc2c(cc1C(C)=O)=CCC=CC=2. The molecule has 0 fully saturated rings. The molecule has 0 unspecified atom stereocenters. The lowest BCUT2D eigenvalue weighted by atomic mass is 10.1. The van der Waals surface area contributed by atoms with E-state index >= 15 is 0 Å². The molecule has 1 aliphatic carbocycles. The fourth-order valence-electron chi connectivity index (χ4n) is 1.82. The van der Waals surface area contributed by atoms with E-state index in [-0.39, 0.29) is 5.78 Å². The average Bonchev–Trinajstić information content (AvgIpc) is 2.51. The van der Waals surface area contributed by atoms with Crippen molar-refractivity contribution in [2.45, 2.75) is 18.2 Å². The van der Waals surface area contributed by atoms with E-state index in [4.69, 9.17) is 0 Å². The molecule has 0 aromatic heterocycles. The van der Waals surface area contributed by atoms with Gasteiger partial charge in [0.05, 0.1) is 0 Å². The molecular weight excluding hydrogens is 216 g/mol. The summed E-state index contributed by atoms with van der Waals surface area (Å²) in [4.78, 5) is 12.6. The Morgan fingerprint density at radius 2 is 2.12 bits per heavy atom. The Morgan fingerprint density at radius 1 is 1.31 bits per heavy atom. The second-order valence-electron chi connectivity index (χ2n) is 3.77. The van der Waals surface area contributed by atoms with Gasteiger partial charge in [-0.1, -0.05) is 24.3 Å². The highest BCUT2D eigenvalue weighted by Crippen LogP contribution is 2.17. The van der Waals surface area contributed by atoms with Crippen molar-refractivity contribution in [1.82, 2.24) is 0 Å². The second-order valence-corrected chi connectivity index (χ2v) is 4.62. The smallest absolute Gasteiger partial charge is 0.160 e. The minimum atomic E-state index is 0.137. The van der Waals surface area contributed by atoms with Crippen molar-refractivity contribution >= 4 is 29.7 Å². The third-order valence-electron chi connectivity index (χ3n) is 2.67. The van der Waals surface area contributed by atoms with Crippen molar-refractivity contribution in [2.75, 3.05) is 6.26 Å². The Labute approximate surface area is 99.6 Å². The van der Waals surface area contributed by atoms with E-state index < -0.39 is 0 Å². The average molecular weight is 230 g/mol. The van der Waals surface area contributed by atoms with E-state index in [0.29, 0.717) is 0 Å². The number of Topliss-reactive ketones (excluding diaryl/α,β-unsaturated/α-hetero) is 1. The predicted octanol–water partition coefficient (Wildman–Crippen LogP) is 2.13. The first-order chi connectivity index (χ1) is 7.72. The quantitative estimate of drug-likeness (QED) is 0.572. The van der Waals surface area contributed by atoms with Gasteiger partial charge in [-0.3, -0.25) is 4.79 Å². The van der Waals surface area contributed by atoms with Gasteiger partial charge in [0, 0.05) is 10.5 Å². The minimum absolute atomic E-state index is 0.137. The number of carbonyl (C=O) groups is 1. The van der Waals surface area contributed by atoms with E-state index in [2.05, 4.69) is 30.4 Å². The zero-order valence-corrected chi connectivity index (χ0v) is 10.3. The zero-order chi connectivity index (χ0) is 11.5. The number of rotatable bonds is 2. The summed E-state index contributed by atoms with van der Waals surface area (Å²) in [5.41, 5.74) is 0.831. The van der Waals surface area contributed by atoms with Gasteiger partial charge in [-0.25, -0.2) is 0 Å². The van der Waals surface area contributed by atoms with Crippen LogP contribution in [0.4, 0.5) is 0 Å². The van der Waals surface area contributed by atoms with Gasteiger partial charge < -0.3 is 0 Å². The number of benzene rings is 1. The first kappa shape index (κ1) is 11.2. The topological polar surface area (TPSA) is 17.1 Å². The van der Waals surface area contributed by atoms with Crippen LogP contribution in [0.3, 0.4) is 0 Å². The monoisotopic (exact) mass is 230 g/mol. The molecule has 1 aromatic rings. The van der Waals surface area contributed by atoms with Gasteiger partial charge >= 0.3 is 0 Å². The minimum Gasteiger partial charge on any atom is -0.294 e. The molecule has 0 radical (unpaired) electrons. The third-order valence-corrected chi connectivity index (χ3v) is 3.45. The van der Waals surface area contributed by atoms with Crippen LogP contribution < -0.4 is 10.4 Å². The number of hydrogen-bond donors (Lipinski definition) is 0. The van der Waals surface area contributed by atoms with Crippen LogP contribution in [0, 0.1) is 0 Å². The predicted molar refractivity (Wildman–Crippen MR) is 70.2 cm³/mol. The molecule has 0 bridgehead atoms. The van der Waals surface area contributed by atoms with Crippen LogP contribution in [0.2, 0.25) is 0 Å². The van der Waals surface area contributed by atoms with Gasteiger partial charge in [0.15, 0.2) is 5.78 Å². The number of hydrogen-bond acceptors (Lipinski definition) is 2. The summed E-state index contributed by atoms with van der Waals surface area (Å²) in [5, 5.41) is 2.36. The largest absolute Gasteiger partial charge is 0.294 e. The van der Waals surface area contributed by atoms with Crippen molar-refractivity contribution in [3.63, 3.8) is 0 Å². The maximum Gasteiger partial charge on any atom is 0.160 e. The lowest BCUT2D eigenvalue weighted by Crippen LogP contribution is -2.25. The van der Waals surface area contributed by atoms with Crippen LogP contribution in [0.25, 0.3) is 12.2 Å². The van der Waals surface area contributed by atoms with Crippen molar-refractivity contribution in [3.05, 3.63) is 40.3 Å². The highest BCUT2D eigenvalue weighted by Gasteiger charge is 2.06. The van der Waals surface area contributed by atoms with Gasteiger partial charge in [-0.05, 0) is 42.2 Å². The van der Waals surface area contributed by atoms with E-state index in [1.54, 1.807) is 18.7 Å². The second kappa shape index (κ2) is 4.71. The Kier molecular flexibility index (Phi) is 3.30. The summed E-state index contributed by atoms with van der Waals surface area (Å²) in [6, 6.07) is 4.11. The molecule has 0 N–H and O–H groups in total. The molecule has 0 saturated heterocycles. The van der Waals surface area contributed by atoms with E-state index in [9.17, 15) is 4.79 Å². The number of carbonyl (C=O) groups excluding carboxylic acids is 1. The van der Waals surface area contributed by atoms with Crippen LogP contribution >= 0.6 is 11.8 Å². The van der Waals surface area contributed by atoms with Gasteiger partial charge in [0.2, 0.25) is 0 Å². The van der Waals surface area contributed by atoms with Crippen LogP contribution in [-0.4, -0.2) is 12.0 Å². The summed E-state index contributed by atoms with van der Waals surface area (Å²) < 4.78 is 0. The molecule has 0 heterocycles. The fourth-order valence-corrected chi connectivity index (χ4v) is 2.49. The van der Waals surface area contributed by atoms with Crippen LogP contribution in [0.1, 0.15) is 23.7 Å². The molecular formula is C14H14OS. The highest BCUT2D eigenvalue weighted by molar-refractivity contribution is 7.98. The Balaban J connectivity index is 2.75. The van der Waals surface area contributed by atoms with Crippen LogP contribution in [0.5, 0.6) is 0 Å². The van der Waals surface area contributed by atoms with E-state index in [0.717, 1.165) is 22.1 Å². The van der Waals surface area contributed by atoms with Crippen molar-refractivity contribution in [3.8, 4) is 0 Å². The normalized spacial score (nSPS) is 13.4. The van der Waals surface area contributed by atoms with Crippen LogP contribution in [0.15, 0.2) is 29.2 Å². The van der Waals surface area contributed by atoms with Gasteiger partial charge in [0.1, 0.15) is 0 Å². The van der Waals surface area contributed by atoms with Crippen molar-refractivity contribution in [1.29, 1.82) is 0 Å². The molecule has 1 nitrogen and oxygen atoms in total. The van der Waals surface area contributed by atoms with Gasteiger partial charge in [0.25, 0.3) is 0 Å². The summed E-state index contributed by atoms with van der Waals surface area (Å²) >= 11 is 1.62. The number of ketones is 1. The highest BCUT2D eigenvalue weighted by atomic mass is 32.2. The zero-order valence-electron chi connectivity index (χ0n) is 9.49. The molecule has 0 spiro atoms. The first-order valence-electron chi connectivity index (χ1n) is 5.28. The molecule has 1 aliphatic rings. The molecule has 2 heteroatoms. The van der Waals surface area contributed by atoms with E-state index in [1.807, 2.05) is 12.3 Å². The van der Waals surface area contributed by atoms with Gasteiger partial charge in [-0.2, -0.15) is 0 Å². The number of allylic oxidation sites excluding steroid dienone is 2. The number of fused-ring (bicyclic) bond motifs is 1. The number of thioether (sulfide) groups is 1. The molecule has 16 heavy (non-hydrogen) atoms. The third kappa shape index (κ3) is 2.12. The van der Waals surface area contributed by atoms with Crippen molar-refractivity contribution in [2.24, 2.45) is 0 Å². The summed E-state index contributed by atoms with van der Waals surface area (Å²) in [6.45, 7) is 1.63. The van der Waals surface area contributed by atoms with Crippen molar-refractivity contribution < 1.29 is 4.79 Å². The molecule has 1 aromatic carbocycles. The summed E-state index contributed by atoms with van der Waals surface area (Å²) in [5.74, 6) is 0.137. The summed E-state index contributed by atoms with van der Waals surface area (Å²) in [6.07, 6.45) is 11.4. The fraction of sp³-hybridized carbons (Fsp3) is 0.214. The lowest BCUT2D eigenvalue weighted by Gasteiger charge is -2.04. The molecule has 2 rings (SSSR count).